The quantitative estimate of drug-likeness (QED) is 0.360. The number of hydrogen-bond acceptors (Lipinski definition) is 4. The molecule has 4 nitrogen and oxygen atoms in total. The molecule has 4 rings (SSSR count). The number of rotatable bonds is 5. The predicted molar refractivity (Wildman–Crippen MR) is 116 cm³/mol. The molecule has 0 aromatic heterocycles. The summed E-state index contributed by atoms with van der Waals surface area (Å²) in [6, 6.07) is 16.0. The average molecular weight is 405 g/mol. The van der Waals surface area contributed by atoms with E-state index in [2.05, 4.69) is 30.8 Å². The highest BCUT2D eigenvalue weighted by Gasteiger charge is 2.42. The van der Waals surface area contributed by atoms with Crippen LogP contribution < -0.4 is 9.47 Å². The lowest BCUT2D eigenvalue weighted by atomic mass is 9.89. The van der Waals surface area contributed by atoms with Gasteiger partial charge in [-0.2, -0.15) is 0 Å². The van der Waals surface area contributed by atoms with E-state index < -0.39 is 0 Å². The van der Waals surface area contributed by atoms with Crippen molar-refractivity contribution in [1.82, 2.24) is 0 Å². The molecule has 0 heterocycles. The highest BCUT2D eigenvalue weighted by atomic mass is 16.5. The minimum atomic E-state index is -0.384. The van der Waals surface area contributed by atoms with E-state index in [1.165, 1.54) is 43.7 Å². The molecule has 2 aromatic rings. The summed E-state index contributed by atoms with van der Waals surface area (Å²) in [6.45, 7) is 6.68. The van der Waals surface area contributed by atoms with Gasteiger partial charge in [0.1, 0.15) is 11.5 Å². The third kappa shape index (κ3) is 4.48. The first-order chi connectivity index (χ1) is 14.4. The van der Waals surface area contributed by atoms with E-state index in [9.17, 15) is 9.59 Å². The largest absolute Gasteiger partial charge is 0.427 e. The van der Waals surface area contributed by atoms with Crippen LogP contribution in [0.3, 0.4) is 0 Å². The van der Waals surface area contributed by atoms with E-state index in [0.29, 0.717) is 28.9 Å². The summed E-state index contributed by atoms with van der Waals surface area (Å²) in [4.78, 5) is 22.7. The van der Waals surface area contributed by atoms with Gasteiger partial charge in [-0.15, -0.1) is 0 Å². The summed E-state index contributed by atoms with van der Waals surface area (Å²) < 4.78 is 10.4. The molecule has 0 N–H and O–H groups in total. The summed E-state index contributed by atoms with van der Waals surface area (Å²) >= 11 is 0. The maximum absolute atomic E-state index is 11.7. The number of carbonyl (C=O) groups is 2. The van der Waals surface area contributed by atoms with Crippen molar-refractivity contribution < 1.29 is 19.1 Å². The fraction of sp³-hybridized carbons (Fsp3) is 0.385. The van der Waals surface area contributed by atoms with Crippen molar-refractivity contribution in [2.45, 2.75) is 51.4 Å². The molecule has 0 spiro atoms. The van der Waals surface area contributed by atoms with Gasteiger partial charge in [-0.05, 0) is 91.7 Å². The molecule has 0 saturated heterocycles. The fourth-order valence-corrected chi connectivity index (χ4v) is 5.14. The molecule has 4 heteroatoms. The Kier molecular flexibility index (Phi) is 5.76. The molecule has 0 aliphatic heterocycles. The van der Waals surface area contributed by atoms with Crippen LogP contribution >= 0.6 is 0 Å². The monoisotopic (exact) mass is 404 g/mol. The van der Waals surface area contributed by atoms with Crippen molar-refractivity contribution in [3.63, 3.8) is 0 Å². The molecule has 0 radical (unpaired) electrons. The number of fused-ring (bicyclic) bond motifs is 1. The molecule has 156 valence electrons. The van der Waals surface area contributed by atoms with E-state index in [1.807, 2.05) is 24.3 Å². The highest BCUT2D eigenvalue weighted by molar-refractivity contribution is 5.88. The number of carbonyl (C=O) groups excluding carboxylic acids is 2. The van der Waals surface area contributed by atoms with Gasteiger partial charge in [-0.25, -0.2) is 4.79 Å². The second-order valence-corrected chi connectivity index (χ2v) is 8.76. The van der Waals surface area contributed by atoms with Crippen molar-refractivity contribution >= 4 is 11.9 Å². The Morgan fingerprint density at radius 2 is 1.13 bits per heavy atom. The Balaban J connectivity index is 1.34. The summed E-state index contributed by atoms with van der Waals surface area (Å²) in [7, 11) is 0. The number of esters is 2. The minimum Gasteiger partial charge on any atom is -0.427 e. The van der Waals surface area contributed by atoms with Crippen LogP contribution in [-0.4, -0.2) is 11.9 Å². The molecule has 2 aliphatic rings. The standard InChI is InChI=1S/C26H28O4/c1-16(2)26(28)30-25-10-6-19(7-11-25)21-14-22-12-20(13-23(22)15-21)18-4-8-24(9-5-18)29-17(3)27/h4-11,20-23H,1,12-15H2,2-3H3. The van der Waals surface area contributed by atoms with Crippen LogP contribution in [0.2, 0.25) is 0 Å². The topological polar surface area (TPSA) is 52.6 Å². The van der Waals surface area contributed by atoms with E-state index >= 15 is 0 Å². The summed E-state index contributed by atoms with van der Waals surface area (Å²) in [5.74, 6) is 3.21. The minimum absolute atomic E-state index is 0.286. The Labute approximate surface area is 177 Å². The molecule has 2 saturated carbocycles. The molecule has 0 bridgehead atoms. The summed E-state index contributed by atoms with van der Waals surface area (Å²) in [5.41, 5.74) is 3.08. The lowest BCUT2D eigenvalue weighted by molar-refractivity contribution is -0.132. The first-order valence-electron chi connectivity index (χ1n) is 10.6. The van der Waals surface area contributed by atoms with Gasteiger partial charge < -0.3 is 9.47 Å². The first-order valence-corrected chi connectivity index (χ1v) is 10.6. The van der Waals surface area contributed by atoms with Gasteiger partial charge in [0.25, 0.3) is 0 Å². The smallest absolute Gasteiger partial charge is 0.338 e. The summed E-state index contributed by atoms with van der Waals surface area (Å²) in [5, 5.41) is 0. The third-order valence-electron chi connectivity index (χ3n) is 6.54. The van der Waals surface area contributed by atoms with E-state index in [1.54, 1.807) is 6.92 Å². The molecule has 0 amide bonds. The SMILES string of the molecule is C=C(C)C(=O)Oc1ccc(C2CC3CC(c4ccc(OC(C)=O)cc4)CC3C2)cc1. The van der Waals surface area contributed by atoms with Crippen molar-refractivity contribution in [1.29, 1.82) is 0 Å². The van der Waals surface area contributed by atoms with Gasteiger partial charge in [0.15, 0.2) is 0 Å². The average Bonchev–Trinajstić information content (AvgIpc) is 3.28. The van der Waals surface area contributed by atoms with E-state index in [4.69, 9.17) is 9.47 Å². The molecule has 2 aromatic carbocycles. The third-order valence-corrected chi connectivity index (χ3v) is 6.54. The molecule has 2 fully saturated rings. The van der Waals surface area contributed by atoms with Gasteiger partial charge in [0.2, 0.25) is 0 Å². The van der Waals surface area contributed by atoms with Crippen LogP contribution in [0, 0.1) is 11.8 Å². The Hall–Kier alpha value is -2.88. The van der Waals surface area contributed by atoms with E-state index in [-0.39, 0.29) is 11.9 Å². The molecular weight excluding hydrogens is 376 g/mol. The van der Waals surface area contributed by atoms with Crippen LogP contribution in [0.4, 0.5) is 0 Å². The van der Waals surface area contributed by atoms with Crippen LogP contribution in [0.25, 0.3) is 0 Å². The van der Waals surface area contributed by atoms with Crippen LogP contribution in [0.1, 0.15) is 62.5 Å². The Morgan fingerprint density at radius 3 is 1.50 bits per heavy atom. The maximum Gasteiger partial charge on any atom is 0.338 e. The first kappa shape index (κ1) is 20.4. The van der Waals surface area contributed by atoms with Gasteiger partial charge >= 0.3 is 11.9 Å². The zero-order valence-corrected chi connectivity index (χ0v) is 17.6. The lowest BCUT2D eigenvalue weighted by Gasteiger charge is -2.16. The fourth-order valence-electron chi connectivity index (χ4n) is 5.14. The normalized spacial score (nSPS) is 24.9. The van der Waals surface area contributed by atoms with Gasteiger partial charge in [0, 0.05) is 12.5 Å². The Morgan fingerprint density at radius 1 is 0.733 bits per heavy atom. The van der Waals surface area contributed by atoms with Crippen molar-refractivity contribution in [2.24, 2.45) is 11.8 Å². The second kappa shape index (κ2) is 8.47. The zero-order chi connectivity index (χ0) is 21.3. The molecule has 30 heavy (non-hydrogen) atoms. The lowest BCUT2D eigenvalue weighted by Crippen LogP contribution is -2.08. The van der Waals surface area contributed by atoms with Crippen LogP contribution in [-0.2, 0) is 9.59 Å². The Bertz CT molecular complexity index is 928. The van der Waals surface area contributed by atoms with Gasteiger partial charge in [-0.1, -0.05) is 30.8 Å². The number of hydrogen-bond donors (Lipinski definition) is 0. The van der Waals surface area contributed by atoms with Gasteiger partial charge in [-0.3, -0.25) is 4.79 Å². The summed E-state index contributed by atoms with van der Waals surface area (Å²) in [6.07, 6.45) is 4.89. The zero-order valence-electron chi connectivity index (χ0n) is 17.6. The van der Waals surface area contributed by atoms with Crippen molar-refractivity contribution in [2.75, 3.05) is 0 Å². The van der Waals surface area contributed by atoms with Crippen LogP contribution in [0.5, 0.6) is 11.5 Å². The molecule has 2 unspecified atom stereocenters. The molecular formula is C26H28O4. The number of ether oxygens (including phenoxy) is 2. The van der Waals surface area contributed by atoms with Crippen molar-refractivity contribution in [3.05, 3.63) is 71.8 Å². The van der Waals surface area contributed by atoms with Crippen LogP contribution in [0.15, 0.2) is 60.7 Å². The van der Waals surface area contributed by atoms with E-state index in [0.717, 1.165) is 11.8 Å². The van der Waals surface area contributed by atoms with Gasteiger partial charge in [0.05, 0.1) is 0 Å². The van der Waals surface area contributed by atoms with Crippen molar-refractivity contribution in [3.8, 4) is 11.5 Å². The highest BCUT2D eigenvalue weighted by Crippen LogP contribution is 2.55. The molecule has 2 atom stereocenters. The second-order valence-electron chi connectivity index (χ2n) is 8.76. The maximum atomic E-state index is 11.7. The number of benzene rings is 2. The molecule has 2 aliphatic carbocycles. The predicted octanol–water partition coefficient (Wildman–Crippen LogP) is 5.78.